The molecule has 1 heterocycles. The van der Waals surface area contributed by atoms with Gasteiger partial charge in [0.05, 0.1) is 6.54 Å². The molecule has 0 unspecified atom stereocenters. The fourth-order valence-corrected chi connectivity index (χ4v) is 1.61. The molecule has 0 spiro atoms. The summed E-state index contributed by atoms with van der Waals surface area (Å²) in [4.78, 5) is 25.2. The maximum Gasteiger partial charge on any atom is 0.274 e. The number of rotatable bonds is 6. The van der Waals surface area contributed by atoms with Crippen LogP contribution in [0.3, 0.4) is 0 Å². The van der Waals surface area contributed by atoms with Crippen molar-refractivity contribution in [3.05, 3.63) is 24.0 Å². The minimum Gasteiger partial charge on any atom is -0.347 e. The van der Waals surface area contributed by atoms with Gasteiger partial charge in [0.15, 0.2) is 0 Å². The van der Waals surface area contributed by atoms with Gasteiger partial charge in [0, 0.05) is 13.2 Å². The van der Waals surface area contributed by atoms with Crippen LogP contribution in [0.25, 0.3) is 0 Å². The summed E-state index contributed by atoms with van der Waals surface area (Å²) < 4.78 is 1.67. The lowest BCUT2D eigenvalue weighted by atomic mass is 10.3. The molecule has 0 aliphatic carbocycles. The Kier molecular flexibility index (Phi) is 5.54. The Morgan fingerprint density at radius 3 is 2.78 bits per heavy atom. The molecule has 0 radical (unpaired) electrons. The van der Waals surface area contributed by atoms with Crippen molar-refractivity contribution >= 4 is 11.8 Å². The molecule has 0 saturated heterocycles. The summed E-state index contributed by atoms with van der Waals surface area (Å²) in [6.45, 7) is 1.52. The van der Waals surface area contributed by atoms with Gasteiger partial charge in [-0.15, -0.1) is 0 Å². The minimum absolute atomic E-state index is 0.191. The van der Waals surface area contributed by atoms with Crippen molar-refractivity contribution in [2.45, 2.75) is 6.42 Å². The third-order valence-corrected chi connectivity index (χ3v) is 2.59. The van der Waals surface area contributed by atoms with E-state index in [1.807, 2.05) is 11.9 Å². The number of carbonyl (C=O) groups is 2. The lowest BCUT2D eigenvalue weighted by molar-refractivity contribution is -0.121. The molecule has 18 heavy (non-hydrogen) atoms. The van der Waals surface area contributed by atoms with E-state index in [9.17, 15) is 9.59 Å². The molecular formula is C12H20N4O2. The number of imide groups is 1. The Morgan fingerprint density at radius 2 is 2.22 bits per heavy atom. The number of hydrogen-bond donors (Lipinski definition) is 2. The maximum absolute atomic E-state index is 11.7. The largest absolute Gasteiger partial charge is 0.347 e. The van der Waals surface area contributed by atoms with Crippen molar-refractivity contribution in [1.82, 2.24) is 14.8 Å². The highest BCUT2D eigenvalue weighted by molar-refractivity contribution is 6.04. The number of likely N-dealkylation sites (N-methyl/N-ethyl adjacent to an activating group) is 1. The number of nitrogens with one attached hydrogen (secondary N) is 1. The van der Waals surface area contributed by atoms with Crippen molar-refractivity contribution in [1.29, 1.82) is 0 Å². The first kappa shape index (κ1) is 14.4. The maximum atomic E-state index is 11.7. The van der Waals surface area contributed by atoms with Crippen LogP contribution in [0.4, 0.5) is 0 Å². The van der Waals surface area contributed by atoms with E-state index in [0.29, 0.717) is 12.2 Å². The minimum atomic E-state index is -0.375. The first-order valence-corrected chi connectivity index (χ1v) is 5.88. The van der Waals surface area contributed by atoms with Gasteiger partial charge in [0.25, 0.3) is 5.91 Å². The molecule has 2 amide bonds. The molecule has 0 aromatic carbocycles. The van der Waals surface area contributed by atoms with Crippen LogP contribution in [0, 0.1) is 0 Å². The lowest BCUT2D eigenvalue weighted by Crippen LogP contribution is -2.39. The fraction of sp³-hybridized carbons (Fsp3) is 0.500. The normalized spacial score (nSPS) is 10.7. The third kappa shape index (κ3) is 4.31. The van der Waals surface area contributed by atoms with Gasteiger partial charge >= 0.3 is 0 Å². The third-order valence-electron chi connectivity index (χ3n) is 2.59. The number of amides is 2. The van der Waals surface area contributed by atoms with Gasteiger partial charge in [-0.2, -0.15) is 0 Å². The highest BCUT2D eigenvalue weighted by Gasteiger charge is 2.13. The van der Waals surface area contributed by atoms with E-state index in [1.165, 1.54) is 0 Å². The monoisotopic (exact) mass is 252 g/mol. The SMILES string of the molecule is CN(CCCN)CC(=O)NC(=O)c1cccn1C. The zero-order chi connectivity index (χ0) is 13.5. The van der Waals surface area contributed by atoms with E-state index in [0.717, 1.165) is 13.0 Å². The van der Waals surface area contributed by atoms with Crippen molar-refractivity contribution in [2.24, 2.45) is 12.8 Å². The van der Waals surface area contributed by atoms with E-state index in [1.54, 1.807) is 29.9 Å². The van der Waals surface area contributed by atoms with Crippen LogP contribution in [0.2, 0.25) is 0 Å². The van der Waals surface area contributed by atoms with Crippen LogP contribution >= 0.6 is 0 Å². The Labute approximate surface area is 107 Å². The van der Waals surface area contributed by atoms with Crippen molar-refractivity contribution < 1.29 is 9.59 Å². The molecule has 100 valence electrons. The number of aryl methyl sites for hydroxylation is 1. The van der Waals surface area contributed by atoms with Crippen LogP contribution in [0.1, 0.15) is 16.9 Å². The van der Waals surface area contributed by atoms with Crippen LogP contribution in [-0.2, 0) is 11.8 Å². The quantitative estimate of drug-likeness (QED) is 0.719. The van der Waals surface area contributed by atoms with Gasteiger partial charge in [0.1, 0.15) is 5.69 Å². The van der Waals surface area contributed by atoms with E-state index >= 15 is 0 Å². The van der Waals surface area contributed by atoms with Crippen molar-refractivity contribution in [3.63, 3.8) is 0 Å². The molecule has 0 bridgehead atoms. The Balaban J connectivity index is 2.41. The van der Waals surface area contributed by atoms with Gasteiger partial charge in [-0.1, -0.05) is 0 Å². The van der Waals surface area contributed by atoms with Gasteiger partial charge in [-0.25, -0.2) is 0 Å². The van der Waals surface area contributed by atoms with Crippen LogP contribution in [0.5, 0.6) is 0 Å². The van der Waals surface area contributed by atoms with Crippen LogP contribution in [-0.4, -0.2) is 48.0 Å². The predicted octanol–water partition coefficient (Wildman–Crippen LogP) is -0.438. The molecule has 3 N–H and O–H groups in total. The number of carbonyl (C=O) groups excluding carboxylic acids is 2. The second-order valence-corrected chi connectivity index (χ2v) is 4.26. The molecule has 0 saturated carbocycles. The van der Waals surface area contributed by atoms with Crippen molar-refractivity contribution in [2.75, 3.05) is 26.7 Å². The lowest BCUT2D eigenvalue weighted by Gasteiger charge is -2.15. The smallest absolute Gasteiger partial charge is 0.274 e. The van der Waals surface area contributed by atoms with Crippen LogP contribution in [0.15, 0.2) is 18.3 Å². The summed E-state index contributed by atoms with van der Waals surface area (Å²) in [6, 6.07) is 3.42. The standard InChI is InChI=1S/C12H20N4O2/c1-15(7-4-6-13)9-11(17)14-12(18)10-5-3-8-16(10)2/h3,5,8H,4,6-7,9,13H2,1-2H3,(H,14,17,18). The first-order chi connectivity index (χ1) is 8.54. The zero-order valence-corrected chi connectivity index (χ0v) is 10.8. The molecule has 0 atom stereocenters. The summed E-state index contributed by atoms with van der Waals surface area (Å²) in [5.41, 5.74) is 5.85. The molecule has 1 aromatic heterocycles. The number of nitrogens with zero attached hydrogens (tertiary/aromatic N) is 2. The Bertz CT molecular complexity index is 414. The molecular weight excluding hydrogens is 232 g/mol. The second kappa shape index (κ2) is 6.93. The summed E-state index contributed by atoms with van der Waals surface area (Å²) in [5.74, 6) is -0.680. The summed E-state index contributed by atoms with van der Waals surface area (Å²) in [5, 5.41) is 2.36. The molecule has 0 fully saturated rings. The molecule has 1 aromatic rings. The van der Waals surface area contributed by atoms with E-state index in [-0.39, 0.29) is 18.4 Å². The Hall–Kier alpha value is -1.66. The van der Waals surface area contributed by atoms with E-state index < -0.39 is 0 Å². The topological polar surface area (TPSA) is 80.4 Å². The summed E-state index contributed by atoms with van der Waals surface area (Å²) in [7, 11) is 3.58. The second-order valence-electron chi connectivity index (χ2n) is 4.26. The molecule has 0 aliphatic rings. The highest BCUT2D eigenvalue weighted by Crippen LogP contribution is 1.98. The molecule has 1 rings (SSSR count). The fourth-order valence-electron chi connectivity index (χ4n) is 1.61. The van der Waals surface area contributed by atoms with Gasteiger partial charge in [-0.3, -0.25) is 19.8 Å². The first-order valence-electron chi connectivity index (χ1n) is 5.88. The average Bonchev–Trinajstić information content (AvgIpc) is 2.72. The van der Waals surface area contributed by atoms with E-state index in [2.05, 4.69) is 5.32 Å². The number of nitrogens with two attached hydrogens (primary N) is 1. The predicted molar refractivity (Wildman–Crippen MR) is 69.1 cm³/mol. The average molecular weight is 252 g/mol. The van der Waals surface area contributed by atoms with Gasteiger partial charge in [-0.05, 0) is 38.7 Å². The summed E-state index contributed by atoms with van der Waals surface area (Å²) >= 11 is 0. The Morgan fingerprint density at radius 1 is 1.50 bits per heavy atom. The molecule has 6 heteroatoms. The highest BCUT2D eigenvalue weighted by atomic mass is 16.2. The zero-order valence-electron chi connectivity index (χ0n) is 10.8. The number of hydrogen-bond acceptors (Lipinski definition) is 4. The summed E-state index contributed by atoms with van der Waals surface area (Å²) in [6.07, 6.45) is 2.59. The van der Waals surface area contributed by atoms with E-state index in [4.69, 9.17) is 5.73 Å². The molecule has 0 aliphatic heterocycles. The van der Waals surface area contributed by atoms with Gasteiger partial charge < -0.3 is 10.3 Å². The van der Waals surface area contributed by atoms with Crippen LogP contribution < -0.4 is 11.1 Å². The van der Waals surface area contributed by atoms with Crippen molar-refractivity contribution in [3.8, 4) is 0 Å². The van der Waals surface area contributed by atoms with Gasteiger partial charge in [0.2, 0.25) is 5.91 Å². The number of aromatic nitrogens is 1. The molecule has 6 nitrogen and oxygen atoms in total.